The van der Waals surface area contributed by atoms with Gasteiger partial charge in [0.05, 0.1) is 26.2 Å². The van der Waals surface area contributed by atoms with Gasteiger partial charge in [-0.1, -0.05) is 19.4 Å². The van der Waals surface area contributed by atoms with Crippen LogP contribution in [0.2, 0.25) is 0 Å². The summed E-state index contributed by atoms with van der Waals surface area (Å²) in [6.45, 7) is 5.02. The molecular weight excluding hydrogens is 462 g/mol. The van der Waals surface area contributed by atoms with Gasteiger partial charge in [-0.25, -0.2) is 0 Å². The summed E-state index contributed by atoms with van der Waals surface area (Å²) in [6, 6.07) is 7.73. The largest absolute Gasteiger partial charge is 0.493 e. The summed E-state index contributed by atoms with van der Waals surface area (Å²) in [5.41, 5.74) is 1.17. The van der Waals surface area contributed by atoms with Gasteiger partial charge in [-0.2, -0.15) is 0 Å². The Morgan fingerprint density at radius 2 is 1.97 bits per heavy atom. The zero-order chi connectivity index (χ0) is 24.9. The van der Waals surface area contributed by atoms with Crippen LogP contribution in [-0.4, -0.2) is 68.6 Å². The first-order valence-electron chi connectivity index (χ1n) is 12.6. The molecule has 0 radical (unpaired) electrons. The fourth-order valence-corrected chi connectivity index (χ4v) is 6.47. The number of nitrogens with one attached hydrogen (secondary N) is 1. The lowest BCUT2D eigenvalue weighted by Crippen LogP contribution is -2.46. The van der Waals surface area contributed by atoms with E-state index in [1.54, 1.807) is 49.6 Å². The summed E-state index contributed by atoms with van der Waals surface area (Å²) in [5.74, 6) is 0.265. The number of carbonyl (C=O) groups excluding carboxylic acids is 2. The molecule has 0 bridgehead atoms. The van der Waals surface area contributed by atoms with Gasteiger partial charge >= 0.3 is 0 Å². The molecule has 0 spiro atoms. The van der Waals surface area contributed by atoms with Crippen LogP contribution in [0, 0.1) is 0 Å². The third-order valence-electron chi connectivity index (χ3n) is 7.43. The predicted molar refractivity (Wildman–Crippen MR) is 139 cm³/mol. The van der Waals surface area contributed by atoms with Crippen molar-refractivity contribution in [2.75, 3.05) is 40.9 Å². The summed E-state index contributed by atoms with van der Waals surface area (Å²) in [7, 11) is 4.89. The Morgan fingerprint density at radius 3 is 2.66 bits per heavy atom. The fraction of sp³-hybridized carbons (Fsp3) is 0.556. The van der Waals surface area contributed by atoms with Crippen LogP contribution < -0.4 is 14.8 Å². The molecule has 3 heterocycles. The van der Waals surface area contributed by atoms with E-state index in [1.165, 1.54) is 25.7 Å². The number of hydrogen-bond donors (Lipinski definition) is 1. The van der Waals surface area contributed by atoms with Gasteiger partial charge in [0, 0.05) is 36.6 Å². The Labute approximate surface area is 212 Å². The van der Waals surface area contributed by atoms with Crippen molar-refractivity contribution in [1.82, 2.24) is 15.1 Å². The maximum atomic E-state index is 13.7. The Kier molecular flexibility index (Phi) is 8.34. The van der Waals surface area contributed by atoms with Crippen LogP contribution in [0.5, 0.6) is 11.5 Å². The van der Waals surface area contributed by atoms with Gasteiger partial charge in [0.1, 0.15) is 0 Å². The van der Waals surface area contributed by atoms with Crippen molar-refractivity contribution in [2.24, 2.45) is 0 Å². The average Bonchev–Trinajstić information content (AvgIpc) is 3.42. The van der Waals surface area contributed by atoms with E-state index in [0.29, 0.717) is 35.2 Å². The molecule has 1 saturated heterocycles. The number of fused-ring (bicyclic) bond motifs is 1. The van der Waals surface area contributed by atoms with Crippen molar-refractivity contribution < 1.29 is 19.1 Å². The summed E-state index contributed by atoms with van der Waals surface area (Å²) in [5, 5.41) is 5.17. The number of likely N-dealkylation sites (N-methyl/N-ethyl adjacent to an activating group) is 1. The molecule has 1 aromatic carbocycles. The minimum atomic E-state index is -0.537. The average molecular weight is 500 g/mol. The highest BCUT2D eigenvalue weighted by atomic mass is 32.1. The Bertz CT molecular complexity index is 1030. The second kappa shape index (κ2) is 11.4. The van der Waals surface area contributed by atoms with Crippen molar-refractivity contribution in [3.8, 4) is 11.5 Å². The summed E-state index contributed by atoms with van der Waals surface area (Å²) >= 11 is 1.56. The molecule has 1 fully saturated rings. The number of rotatable bonds is 9. The van der Waals surface area contributed by atoms with Crippen LogP contribution in [0.1, 0.15) is 71.8 Å². The third-order valence-corrected chi connectivity index (χ3v) is 8.38. The summed E-state index contributed by atoms with van der Waals surface area (Å²) in [6.07, 6.45) is 5.94. The van der Waals surface area contributed by atoms with Crippen LogP contribution in [0.25, 0.3) is 0 Å². The highest BCUT2D eigenvalue weighted by Gasteiger charge is 2.44. The topological polar surface area (TPSA) is 71.1 Å². The van der Waals surface area contributed by atoms with Gasteiger partial charge in [0.15, 0.2) is 11.5 Å². The molecule has 2 aliphatic heterocycles. The fourth-order valence-electron chi connectivity index (χ4n) is 5.57. The lowest BCUT2D eigenvalue weighted by molar-refractivity contribution is -0.124. The minimum absolute atomic E-state index is 0.0677. The van der Waals surface area contributed by atoms with E-state index in [9.17, 15) is 9.59 Å². The molecular formula is C27H37N3O4S. The van der Waals surface area contributed by atoms with Crippen molar-refractivity contribution in [3.63, 3.8) is 0 Å². The summed E-state index contributed by atoms with van der Waals surface area (Å²) < 4.78 is 11.0. The molecule has 3 atom stereocenters. The first kappa shape index (κ1) is 25.5. The number of hydrogen-bond acceptors (Lipinski definition) is 6. The Balaban J connectivity index is 1.57. The molecule has 8 heteroatoms. The van der Waals surface area contributed by atoms with E-state index >= 15 is 0 Å². The number of methoxy groups -OCH3 is 2. The zero-order valence-corrected chi connectivity index (χ0v) is 22.0. The van der Waals surface area contributed by atoms with E-state index in [-0.39, 0.29) is 17.9 Å². The van der Waals surface area contributed by atoms with Gasteiger partial charge in [-0.05, 0) is 61.4 Å². The number of carbonyl (C=O) groups is 2. The highest BCUT2D eigenvalue weighted by Crippen LogP contribution is 2.46. The van der Waals surface area contributed by atoms with Gasteiger partial charge < -0.3 is 24.6 Å². The number of likely N-dealkylation sites (tertiary alicyclic amines) is 1. The monoisotopic (exact) mass is 499 g/mol. The first-order valence-corrected chi connectivity index (χ1v) is 13.5. The van der Waals surface area contributed by atoms with E-state index in [0.717, 1.165) is 24.4 Å². The third kappa shape index (κ3) is 5.19. The van der Waals surface area contributed by atoms with Crippen LogP contribution in [0.15, 0.2) is 29.6 Å². The molecule has 2 amide bonds. The number of thiophene rings is 1. The molecule has 0 saturated carbocycles. The zero-order valence-electron chi connectivity index (χ0n) is 21.2. The highest BCUT2D eigenvalue weighted by molar-refractivity contribution is 7.10. The molecule has 2 aliphatic rings. The molecule has 2 aromatic rings. The molecule has 1 N–H and O–H groups in total. The Morgan fingerprint density at radius 1 is 1.20 bits per heavy atom. The quantitative estimate of drug-likeness (QED) is 0.517. The number of piperidine rings is 1. The number of ether oxygens (including phenoxy) is 2. The molecule has 0 aliphatic carbocycles. The van der Waals surface area contributed by atoms with Gasteiger partial charge in [0.25, 0.3) is 5.91 Å². The van der Waals surface area contributed by atoms with E-state index in [4.69, 9.17) is 9.47 Å². The first-order chi connectivity index (χ1) is 17.0. The molecule has 1 aromatic heterocycles. The summed E-state index contributed by atoms with van der Waals surface area (Å²) in [4.78, 5) is 32.3. The second-order valence-electron chi connectivity index (χ2n) is 9.39. The van der Waals surface area contributed by atoms with Crippen molar-refractivity contribution in [2.45, 2.75) is 57.0 Å². The van der Waals surface area contributed by atoms with E-state index < -0.39 is 5.92 Å². The maximum absolute atomic E-state index is 13.7. The number of amides is 2. The van der Waals surface area contributed by atoms with Crippen LogP contribution in [-0.2, 0) is 4.79 Å². The molecule has 190 valence electrons. The SMILES string of the molecule is CC[C@@H]1CCCCN1CCCNC(=O)[C@@H]1c2cc(OC)c(OC)cc2C(=O)N(C)[C@@H]1c1cccs1. The molecule has 4 rings (SSSR count). The lowest BCUT2D eigenvalue weighted by atomic mass is 9.81. The Hall–Kier alpha value is -2.58. The van der Waals surface area contributed by atoms with Gasteiger partial charge in [-0.15, -0.1) is 11.3 Å². The van der Waals surface area contributed by atoms with Crippen LogP contribution in [0.3, 0.4) is 0 Å². The number of nitrogens with zero attached hydrogens (tertiary/aromatic N) is 2. The molecule has 7 nitrogen and oxygen atoms in total. The molecule has 0 unspecified atom stereocenters. The van der Waals surface area contributed by atoms with Crippen molar-refractivity contribution in [3.05, 3.63) is 45.6 Å². The van der Waals surface area contributed by atoms with Gasteiger partial charge in [-0.3, -0.25) is 9.59 Å². The van der Waals surface area contributed by atoms with Crippen molar-refractivity contribution >= 4 is 23.2 Å². The predicted octanol–water partition coefficient (Wildman–Crippen LogP) is 4.45. The normalized spacial score (nSPS) is 22.6. The van der Waals surface area contributed by atoms with E-state index in [2.05, 4.69) is 17.1 Å². The smallest absolute Gasteiger partial charge is 0.254 e. The number of benzene rings is 1. The van der Waals surface area contributed by atoms with Crippen LogP contribution in [0.4, 0.5) is 0 Å². The maximum Gasteiger partial charge on any atom is 0.254 e. The minimum Gasteiger partial charge on any atom is -0.493 e. The van der Waals surface area contributed by atoms with Gasteiger partial charge in [0.2, 0.25) is 5.91 Å². The molecule has 35 heavy (non-hydrogen) atoms. The van der Waals surface area contributed by atoms with Crippen molar-refractivity contribution in [1.29, 1.82) is 0 Å². The van der Waals surface area contributed by atoms with Crippen LogP contribution >= 0.6 is 11.3 Å². The van der Waals surface area contributed by atoms with E-state index in [1.807, 2.05) is 17.5 Å². The standard InChI is InChI=1S/C27H37N3O4S/c1-5-18-10-6-7-13-30(18)14-9-12-28-26(31)24-19-16-21(33-3)22(34-4)17-20(19)27(32)29(2)25(24)23-11-8-15-35-23/h8,11,15-18,24-25H,5-7,9-10,12-14H2,1-4H3,(H,28,31)/t18-,24-,25-/m1/s1. The lowest BCUT2D eigenvalue weighted by Gasteiger charge is -2.39. The second-order valence-corrected chi connectivity index (χ2v) is 10.4.